The van der Waals surface area contributed by atoms with Crippen LogP contribution in [0.5, 0.6) is 11.5 Å². The first-order chi connectivity index (χ1) is 12.0. The van der Waals surface area contributed by atoms with Crippen molar-refractivity contribution in [2.24, 2.45) is 5.10 Å². The first-order valence-electron chi connectivity index (χ1n) is 7.66. The van der Waals surface area contributed by atoms with Crippen molar-refractivity contribution in [3.05, 3.63) is 53.6 Å². The molecule has 0 heterocycles. The molecule has 2 rings (SSSR count). The molecule has 0 spiro atoms. The lowest BCUT2D eigenvalue weighted by Gasteiger charge is -2.06. The second-order valence-corrected chi connectivity index (χ2v) is 5.12. The number of carbonyl (C=O) groups is 2. The summed E-state index contributed by atoms with van der Waals surface area (Å²) in [6.07, 6.45) is 1.45. The molecule has 2 aromatic carbocycles. The van der Waals surface area contributed by atoms with Crippen molar-refractivity contribution in [1.29, 1.82) is 0 Å². The maximum Gasteiger partial charge on any atom is 0.271 e. The van der Waals surface area contributed by atoms with Crippen LogP contribution in [-0.4, -0.2) is 29.7 Å². The lowest BCUT2D eigenvalue weighted by molar-refractivity contribution is -0.114. The number of nitrogens with one attached hydrogen (secondary N) is 2. The average molecular weight is 341 g/mol. The van der Waals surface area contributed by atoms with E-state index in [1.807, 2.05) is 6.92 Å². The van der Waals surface area contributed by atoms with E-state index in [9.17, 15) is 14.7 Å². The van der Waals surface area contributed by atoms with Crippen LogP contribution in [0, 0.1) is 0 Å². The van der Waals surface area contributed by atoms with Crippen LogP contribution in [0.1, 0.15) is 29.8 Å². The molecule has 0 aromatic heterocycles. The molecule has 3 N–H and O–H groups in total. The fourth-order valence-corrected chi connectivity index (χ4v) is 2.02. The van der Waals surface area contributed by atoms with Gasteiger partial charge < -0.3 is 15.2 Å². The summed E-state index contributed by atoms with van der Waals surface area (Å²) in [7, 11) is 0. The molecule has 25 heavy (non-hydrogen) atoms. The van der Waals surface area contributed by atoms with Crippen molar-refractivity contribution >= 4 is 23.7 Å². The van der Waals surface area contributed by atoms with Gasteiger partial charge >= 0.3 is 0 Å². The topological polar surface area (TPSA) is 100 Å². The summed E-state index contributed by atoms with van der Waals surface area (Å²) in [5.41, 5.74) is 4.10. The largest absolute Gasteiger partial charge is 0.504 e. The van der Waals surface area contributed by atoms with Crippen LogP contribution in [0.2, 0.25) is 0 Å². The average Bonchev–Trinajstić information content (AvgIpc) is 2.58. The summed E-state index contributed by atoms with van der Waals surface area (Å²) in [5, 5.41) is 16.2. The number of ether oxygens (including phenoxy) is 1. The van der Waals surface area contributed by atoms with Gasteiger partial charge in [0.05, 0.1) is 12.8 Å². The number of benzene rings is 2. The minimum absolute atomic E-state index is 0.0438. The van der Waals surface area contributed by atoms with E-state index < -0.39 is 0 Å². The Morgan fingerprint density at radius 3 is 2.56 bits per heavy atom. The van der Waals surface area contributed by atoms with E-state index in [0.717, 1.165) is 0 Å². The molecule has 0 radical (unpaired) electrons. The van der Waals surface area contributed by atoms with E-state index >= 15 is 0 Å². The van der Waals surface area contributed by atoms with Gasteiger partial charge in [-0.1, -0.05) is 0 Å². The minimum atomic E-state index is -0.380. The SMILES string of the molecule is CCOc1cc(/C=N\NC(=O)c2ccc(NC(C)=O)cc2)ccc1O. The molecule has 0 saturated carbocycles. The molecule has 0 aliphatic carbocycles. The Labute approximate surface area is 145 Å². The van der Waals surface area contributed by atoms with Crippen LogP contribution in [0.15, 0.2) is 47.6 Å². The third-order valence-corrected chi connectivity index (χ3v) is 3.13. The van der Waals surface area contributed by atoms with Crippen LogP contribution < -0.4 is 15.5 Å². The van der Waals surface area contributed by atoms with E-state index in [4.69, 9.17) is 4.74 Å². The summed E-state index contributed by atoms with van der Waals surface area (Å²) >= 11 is 0. The van der Waals surface area contributed by atoms with E-state index in [1.54, 1.807) is 36.4 Å². The van der Waals surface area contributed by atoms with E-state index in [-0.39, 0.29) is 17.6 Å². The highest BCUT2D eigenvalue weighted by molar-refractivity contribution is 5.96. The number of phenols is 1. The smallest absolute Gasteiger partial charge is 0.271 e. The van der Waals surface area contributed by atoms with Gasteiger partial charge in [0, 0.05) is 18.2 Å². The normalized spacial score (nSPS) is 10.5. The maximum absolute atomic E-state index is 12.0. The Morgan fingerprint density at radius 2 is 1.92 bits per heavy atom. The van der Waals surface area contributed by atoms with Crippen LogP contribution in [-0.2, 0) is 4.79 Å². The second kappa shape index (κ2) is 8.49. The standard InChI is InChI=1S/C18H19N3O4/c1-3-25-17-10-13(4-9-16(17)23)11-19-21-18(24)14-5-7-15(8-6-14)20-12(2)22/h4-11,23H,3H2,1-2H3,(H,20,22)(H,21,24)/b19-11-. The van der Waals surface area contributed by atoms with Crippen LogP contribution in [0.25, 0.3) is 0 Å². The number of carbonyl (C=O) groups excluding carboxylic acids is 2. The van der Waals surface area contributed by atoms with Gasteiger partial charge in [-0.3, -0.25) is 9.59 Å². The number of phenolic OH excluding ortho intramolecular Hbond substituents is 1. The number of amides is 2. The lowest BCUT2D eigenvalue weighted by atomic mass is 10.2. The number of rotatable bonds is 6. The lowest BCUT2D eigenvalue weighted by Crippen LogP contribution is -2.17. The molecule has 7 nitrogen and oxygen atoms in total. The maximum atomic E-state index is 12.0. The van der Waals surface area contributed by atoms with Crippen molar-refractivity contribution in [3.63, 3.8) is 0 Å². The van der Waals surface area contributed by atoms with Crippen LogP contribution in [0.4, 0.5) is 5.69 Å². The van der Waals surface area contributed by atoms with E-state index in [2.05, 4.69) is 15.8 Å². The molecule has 0 aliphatic rings. The monoisotopic (exact) mass is 341 g/mol. The quantitative estimate of drug-likeness (QED) is 0.555. The summed E-state index contributed by atoms with van der Waals surface area (Å²) < 4.78 is 5.28. The van der Waals surface area contributed by atoms with Crippen molar-refractivity contribution < 1.29 is 19.4 Å². The molecule has 7 heteroatoms. The predicted octanol–water partition coefficient (Wildman–Crippen LogP) is 2.51. The molecular weight excluding hydrogens is 322 g/mol. The minimum Gasteiger partial charge on any atom is -0.504 e. The Bertz CT molecular complexity index is 785. The number of anilines is 1. The number of hydrogen-bond donors (Lipinski definition) is 3. The van der Waals surface area contributed by atoms with Crippen molar-refractivity contribution in [2.75, 3.05) is 11.9 Å². The summed E-state index contributed by atoms with van der Waals surface area (Å²) in [6, 6.07) is 11.2. The van der Waals surface area contributed by atoms with E-state index in [0.29, 0.717) is 29.2 Å². The zero-order valence-electron chi connectivity index (χ0n) is 13.9. The molecule has 0 bridgehead atoms. The molecule has 2 aromatic rings. The van der Waals surface area contributed by atoms with Gasteiger partial charge in [-0.25, -0.2) is 5.43 Å². The summed E-state index contributed by atoms with van der Waals surface area (Å²) in [5.74, 6) is -0.162. The molecule has 0 unspecified atom stereocenters. The first-order valence-corrected chi connectivity index (χ1v) is 7.66. The molecule has 2 amide bonds. The summed E-state index contributed by atoms with van der Waals surface area (Å²) in [6.45, 7) is 3.66. The number of aromatic hydroxyl groups is 1. The fourth-order valence-electron chi connectivity index (χ4n) is 2.02. The van der Waals surface area contributed by atoms with Crippen LogP contribution >= 0.6 is 0 Å². The van der Waals surface area contributed by atoms with E-state index in [1.165, 1.54) is 19.2 Å². The molecule has 0 fully saturated rings. The van der Waals surface area contributed by atoms with Crippen molar-refractivity contribution in [2.45, 2.75) is 13.8 Å². The third kappa shape index (κ3) is 5.35. The van der Waals surface area contributed by atoms with Gasteiger partial charge in [-0.05, 0) is 55.0 Å². The zero-order chi connectivity index (χ0) is 18.2. The van der Waals surface area contributed by atoms with Gasteiger partial charge in [0.1, 0.15) is 0 Å². The fraction of sp³-hybridized carbons (Fsp3) is 0.167. The predicted molar refractivity (Wildman–Crippen MR) is 95.1 cm³/mol. The molecule has 130 valence electrons. The highest BCUT2D eigenvalue weighted by Crippen LogP contribution is 2.26. The molecule has 0 aliphatic heterocycles. The number of hydrazone groups is 1. The highest BCUT2D eigenvalue weighted by Gasteiger charge is 2.05. The Balaban J connectivity index is 1.98. The van der Waals surface area contributed by atoms with Crippen LogP contribution in [0.3, 0.4) is 0 Å². The van der Waals surface area contributed by atoms with Gasteiger partial charge in [0.25, 0.3) is 5.91 Å². The number of nitrogens with zero attached hydrogens (tertiary/aromatic N) is 1. The number of hydrogen-bond acceptors (Lipinski definition) is 5. The first kappa shape index (κ1) is 18.0. The highest BCUT2D eigenvalue weighted by atomic mass is 16.5. The van der Waals surface area contributed by atoms with Gasteiger partial charge in [0.2, 0.25) is 5.91 Å². The molecule has 0 saturated heterocycles. The second-order valence-electron chi connectivity index (χ2n) is 5.12. The Hall–Kier alpha value is -3.35. The Kier molecular flexibility index (Phi) is 6.11. The third-order valence-electron chi connectivity index (χ3n) is 3.13. The zero-order valence-corrected chi connectivity index (χ0v) is 13.9. The van der Waals surface area contributed by atoms with Gasteiger partial charge in [-0.2, -0.15) is 5.10 Å². The van der Waals surface area contributed by atoms with Gasteiger partial charge in [-0.15, -0.1) is 0 Å². The van der Waals surface area contributed by atoms with Crippen molar-refractivity contribution in [1.82, 2.24) is 5.43 Å². The summed E-state index contributed by atoms with van der Waals surface area (Å²) in [4.78, 5) is 23.0. The van der Waals surface area contributed by atoms with Crippen molar-refractivity contribution in [3.8, 4) is 11.5 Å². The molecular formula is C18H19N3O4. The van der Waals surface area contributed by atoms with Gasteiger partial charge in [0.15, 0.2) is 11.5 Å². The Morgan fingerprint density at radius 1 is 1.20 bits per heavy atom. The molecule has 0 atom stereocenters.